The average Bonchev–Trinajstić information content (AvgIpc) is 3.18. The molecule has 2 heterocycles. The molecule has 7 heteroatoms. The lowest BCUT2D eigenvalue weighted by molar-refractivity contribution is -0.885. The van der Waals surface area contributed by atoms with Crippen molar-refractivity contribution in [2.75, 3.05) is 39.8 Å². The van der Waals surface area contributed by atoms with Crippen LogP contribution in [0, 0.1) is 0 Å². The third kappa shape index (κ3) is 4.84. The molecular weight excluding hydrogens is 370 g/mol. The first-order valence-electron chi connectivity index (χ1n) is 8.69. The minimum Gasteiger partial charge on any atom is -0.334 e. The molecule has 138 valence electrons. The molecule has 1 N–H and O–H groups in total. The zero-order valence-electron chi connectivity index (χ0n) is 14.8. The van der Waals surface area contributed by atoms with Crippen LogP contribution in [0.4, 0.5) is 0 Å². The van der Waals surface area contributed by atoms with Crippen LogP contribution >= 0.6 is 22.9 Å². The second-order valence-electron chi connectivity index (χ2n) is 6.59. The van der Waals surface area contributed by atoms with Crippen molar-refractivity contribution < 1.29 is 14.5 Å². The van der Waals surface area contributed by atoms with Gasteiger partial charge in [-0.3, -0.25) is 9.59 Å². The molecule has 0 radical (unpaired) electrons. The Bertz CT molecular complexity index is 741. The third-order valence-corrected chi connectivity index (χ3v) is 5.63. The molecule has 1 aliphatic rings. The molecule has 5 nitrogen and oxygen atoms in total. The summed E-state index contributed by atoms with van der Waals surface area (Å²) in [6.07, 6.45) is 0. The molecular formula is C19H23ClN3O2S+. The Morgan fingerprint density at radius 2 is 1.73 bits per heavy atom. The number of hydrogen-bond acceptors (Lipinski definition) is 3. The summed E-state index contributed by atoms with van der Waals surface area (Å²) in [5, 5.41) is 2.63. The molecule has 1 aromatic heterocycles. The van der Waals surface area contributed by atoms with Crippen LogP contribution in [0.15, 0.2) is 41.8 Å². The lowest BCUT2D eigenvalue weighted by Gasteiger charge is -2.34. The lowest BCUT2D eigenvalue weighted by Crippen LogP contribution is -3.09. The largest absolute Gasteiger partial charge is 0.334 e. The quantitative estimate of drug-likeness (QED) is 0.836. The first-order chi connectivity index (χ1) is 12.5. The number of nitrogens with zero attached hydrogens (tertiary/aromatic N) is 2. The van der Waals surface area contributed by atoms with E-state index in [0.717, 1.165) is 26.9 Å². The second-order valence-corrected chi connectivity index (χ2v) is 7.97. The predicted molar refractivity (Wildman–Crippen MR) is 104 cm³/mol. The lowest BCUT2D eigenvalue weighted by atomic mass is 10.2. The average molecular weight is 393 g/mol. The van der Waals surface area contributed by atoms with Crippen LogP contribution in [0.3, 0.4) is 0 Å². The number of nitrogens with one attached hydrogen (secondary N) is 1. The molecule has 0 saturated carbocycles. The first-order valence-corrected chi connectivity index (χ1v) is 9.95. The number of hydrogen-bond donors (Lipinski definition) is 1. The van der Waals surface area contributed by atoms with Gasteiger partial charge < -0.3 is 14.7 Å². The molecule has 0 aliphatic carbocycles. The standard InChI is InChI=1S/C19H22ClN3O2S/c1-21(13-15-4-6-16(20)7-5-15)14-18(24)22-8-10-23(11-9-22)19(25)17-3-2-12-26-17/h2-7,12H,8-11,13-14H2,1H3/p+1. The van der Waals surface area contributed by atoms with Crippen LogP contribution in [-0.4, -0.2) is 61.4 Å². The van der Waals surface area contributed by atoms with E-state index in [2.05, 4.69) is 0 Å². The van der Waals surface area contributed by atoms with Gasteiger partial charge in [0.2, 0.25) is 0 Å². The zero-order valence-corrected chi connectivity index (χ0v) is 16.4. The molecule has 1 saturated heterocycles. The van der Waals surface area contributed by atoms with Crippen molar-refractivity contribution in [2.45, 2.75) is 6.54 Å². The summed E-state index contributed by atoms with van der Waals surface area (Å²) >= 11 is 7.36. The van der Waals surface area contributed by atoms with Gasteiger partial charge in [-0.2, -0.15) is 0 Å². The van der Waals surface area contributed by atoms with Gasteiger partial charge >= 0.3 is 0 Å². The van der Waals surface area contributed by atoms with E-state index < -0.39 is 0 Å². The minimum absolute atomic E-state index is 0.0672. The maximum atomic E-state index is 12.5. The van der Waals surface area contributed by atoms with Gasteiger partial charge in [0, 0.05) is 36.8 Å². The number of thiophene rings is 1. The van der Waals surface area contributed by atoms with Gasteiger partial charge in [0.05, 0.1) is 11.9 Å². The number of rotatable bonds is 5. The SMILES string of the molecule is C[NH+](CC(=O)N1CCN(C(=O)c2cccs2)CC1)Cc1ccc(Cl)cc1. The summed E-state index contributed by atoms with van der Waals surface area (Å²) in [7, 11) is 2.02. The Morgan fingerprint density at radius 1 is 1.08 bits per heavy atom. The van der Waals surface area contributed by atoms with E-state index in [4.69, 9.17) is 11.6 Å². The fourth-order valence-electron chi connectivity index (χ4n) is 3.10. The van der Waals surface area contributed by atoms with Crippen molar-refractivity contribution in [3.05, 3.63) is 57.2 Å². The number of carbonyl (C=O) groups is 2. The van der Waals surface area contributed by atoms with Crippen molar-refractivity contribution >= 4 is 34.8 Å². The smallest absolute Gasteiger partial charge is 0.277 e. The van der Waals surface area contributed by atoms with Gasteiger partial charge in [0.1, 0.15) is 6.54 Å². The number of benzene rings is 1. The van der Waals surface area contributed by atoms with E-state index >= 15 is 0 Å². The summed E-state index contributed by atoms with van der Waals surface area (Å²) < 4.78 is 0. The monoisotopic (exact) mass is 392 g/mol. The fraction of sp³-hybridized carbons (Fsp3) is 0.368. The first kappa shape index (κ1) is 18.9. The molecule has 1 aromatic carbocycles. The summed E-state index contributed by atoms with van der Waals surface area (Å²) in [6.45, 7) is 3.62. The van der Waals surface area contributed by atoms with E-state index in [1.807, 2.05) is 58.6 Å². The van der Waals surface area contributed by atoms with Crippen LogP contribution in [-0.2, 0) is 11.3 Å². The van der Waals surface area contributed by atoms with Crippen molar-refractivity contribution in [3.63, 3.8) is 0 Å². The second kappa shape index (κ2) is 8.66. The van der Waals surface area contributed by atoms with Crippen molar-refractivity contribution in [1.82, 2.24) is 9.80 Å². The molecule has 26 heavy (non-hydrogen) atoms. The summed E-state index contributed by atoms with van der Waals surface area (Å²) in [4.78, 5) is 30.5. The van der Waals surface area contributed by atoms with E-state index in [9.17, 15) is 9.59 Å². The molecule has 1 aliphatic heterocycles. The van der Waals surface area contributed by atoms with Gasteiger partial charge in [0.15, 0.2) is 6.54 Å². The highest BCUT2D eigenvalue weighted by Crippen LogP contribution is 2.14. The van der Waals surface area contributed by atoms with Crippen LogP contribution in [0.2, 0.25) is 5.02 Å². The highest BCUT2D eigenvalue weighted by molar-refractivity contribution is 7.12. The number of halogens is 1. The molecule has 1 fully saturated rings. The summed E-state index contributed by atoms with van der Waals surface area (Å²) in [6, 6.07) is 11.5. The Labute approximate surface area is 162 Å². The van der Waals surface area contributed by atoms with E-state index in [0.29, 0.717) is 32.7 Å². The fourth-order valence-corrected chi connectivity index (χ4v) is 3.91. The number of carbonyl (C=O) groups excluding carboxylic acids is 2. The molecule has 0 spiro atoms. The Morgan fingerprint density at radius 3 is 2.35 bits per heavy atom. The number of amides is 2. The van der Waals surface area contributed by atoms with E-state index in [-0.39, 0.29) is 11.8 Å². The topological polar surface area (TPSA) is 45.1 Å². The van der Waals surface area contributed by atoms with Crippen LogP contribution in [0.5, 0.6) is 0 Å². The normalized spacial score (nSPS) is 15.8. The Kier molecular flexibility index (Phi) is 6.29. The molecule has 0 bridgehead atoms. The predicted octanol–water partition coefficient (Wildman–Crippen LogP) is 1.40. The van der Waals surface area contributed by atoms with Crippen molar-refractivity contribution in [1.29, 1.82) is 0 Å². The minimum atomic E-state index is 0.0672. The van der Waals surface area contributed by atoms with E-state index in [1.54, 1.807) is 0 Å². The van der Waals surface area contributed by atoms with Gasteiger partial charge in [-0.15, -0.1) is 11.3 Å². The molecule has 1 unspecified atom stereocenters. The van der Waals surface area contributed by atoms with Gasteiger partial charge in [-0.05, 0) is 23.6 Å². The van der Waals surface area contributed by atoms with Crippen molar-refractivity contribution in [3.8, 4) is 0 Å². The summed E-state index contributed by atoms with van der Waals surface area (Å²) in [5.74, 6) is 0.206. The maximum absolute atomic E-state index is 12.5. The molecule has 2 aromatic rings. The number of quaternary nitrogens is 1. The van der Waals surface area contributed by atoms with E-state index in [1.165, 1.54) is 11.3 Å². The number of likely N-dealkylation sites (N-methyl/N-ethyl adjacent to an activating group) is 1. The number of piperazine rings is 1. The van der Waals surface area contributed by atoms with Crippen LogP contribution < -0.4 is 4.90 Å². The van der Waals surface area contributed by atoms with Crippen LogP contribution in [0.1, 0.15) is 15.2 Å². The summed E-state index contributed by atoms with van der Waals surface area (Å²) in [5.41, 5.74) is 1.16. The molecule has 1 atom stereocenters. The van der Waals surface area contributed by atoms with Gasteiger partial charge in [0.25, 0.3) is 11.8 Å². The highest BCUT2D eigenvalue weighted by Gasteiger charge is 2.26. The van der Waals surface area contributed by atoms with Crippen molar-refractivity contribution in [2.24, 2.45) is 0 Å². The van der Waals surface area contributed by atoms with Gasteiger partial charge in [-0.25, -0.2) is 0 Å². The Hall–Kier alpha value is -1.89. The van der Waals surface area contributed by atoms with Gasteiger partial charge in [-0.1, -0.05) is 29.8 Å². The maximum Gasteiger partial charge on any atom is 0.277 e. The zero-order chi connectivity index (χ0) is 18.5. The van der Waals surface area contributed by atoms with Crippen LogP contribution in [0.25, 0.3) is 0 Å². The highest BCUT2D eigenvalue weighted by atomic mass is 35.5. The third-order valence-electron chi connectivity index (χ3n) is 4.52. The molecule has 3 rings (SSSR count). The Balaban J connectivity index is 1.46. The molecule has 2 amide bonds.